The molecule has 0 unspecified atom stereocenters. The molecule has 1 amide bonds. The number of carbonyl (C=O) groups excluding carboxylic acids is 1. The van der Waals surface area contributed by atoms with Gasteiger partial charge in [0.1, 0.15) is 18.1 Å². The summed E-state index contributed by atoms with van der Waals surface area (Å²) in [7, 11) is 0. The third-order valence-electron chi connectivity index (χ3n) is 3.23. The number of fused-ring (bicyclic) bond motifs is 1. The van der Waals surface area contributed by atoms with Gasteiger partial charge in [0.05, 0.1) is 22.8 Å². The molecule has 1 aromatic heterocycles. The molecular formula is C14H11F3N2O2S. The summed E-state index contributed by atoms with van der Waals surface area (Å²) < 4.78 is 43.9. The second-order valence-corrected chi connectivity index (χ2v) is 5.80. The van der Waals surface area contributed by atoms with E-state index in [2.05, 4.69) is 4.98 Å². The molecule has 0 spiro atoms. The van der Waals surface area contributed by atoms with E-state index >= 15 is 0 Å². The smallest absolute Gasteiger partial charge is 0.416 e. The highest BCUT2D eigenvalue weighted by Gasteiger charge is 2.34. The maximum Gasteiger partial charge on any atom is 0.416 e. The number of aromatic nitrogens is 1. The molecule has 0 saturated carbocycles. The Morgan fingerprint density at radius 2 is 2.18 bits per heavy atom. The molecule has 8 heteroatoms. The Balaban J connectivity index is 2.01. The maximum atomic E-state index is 12.9. The Morgan fingerprint density at radius 1 is 1.41 bits per heavy atom. The van der Waals surface area contributed by atoms with Gasteiger partial charge in [-0.3, -0.25) is 4.79 Å². The van der Waals surface area contributed by atoms with Crippen molar-refractivity contribution in [2.45, 2.75) is 13.1 Å². The summed E-state index contributed by atoms with van der Waals surface area (Å²) in [5, 5.41) is 2.32. The molecule has 0 N–H and O–H groups in total. The molecule has 1 aromatic carbocycles. The van der Waals surface area contributed by atoms with Crippen molar-refractivity contribution in [1.29, 1.82) is 0 Å². The molecule has 116 valence electrons. The lowest BCUT2D eigenvalue weighted by molar-refractivity contribution is -0.137. The van der Waals surface area contributed by atoms with E-state index in [0.717, 1.165) is 17.1 Å². The molecule has 2 heterocycles. The highest BCUT2D eigenvalue weighted by Crippen LogP contribution is 2.38. The maximum absolute atomic E-state index is 12.9. The van der Waals surface area contributed by atoms with Crippen molar-refractivity contribution in [1.82, 2.24) is 4.98 Å². The summed E-state index contributed by atoms with van der Waals surface area (Å²) in [6, 6.07) is 3.12. The summed E-state index contributed by atoms with van der Waals surface area (Å²) in [6.45, 7) is 2.17. The number of anilines is 1. The summed E-state index contributed by atoms with van der Waals surface area (Å²) in [4.78, 5) is 17.8. The van der Waals surface area contributed by atoms with Crippen LogP contribution < -0.4 is 9.64 Å². The molecule has 1 aliphatic rings. The van der Waals surface area contributed by atoms with Crippen molar-refractivity contribution in [3.05, 3.63) is 39.8 Å². The van der Waals surface area contributed by atoms with Crippen molar-refractivity contribution in [3.8, 4) is 5.75 Å². The van der Waals surface area contributed by atoms with Crippen molar-refractivity contribution >= 4 is 22.9 Å². The molecule has 0 bridgehead atoms. The number of amides is 1. The van der Waals surface area contributed by atoms with E-state index in [4.69, 9.17) is 4.74 Å². The van der Waals surface area contributed by atoms with Gasteiger partial charge in [-0.1, -0.05) is 0 Å². The van der Waals surface area contributed by atoms with Crippen LogP contribution in [0.4, 0.5) is 18.9 Å². The fraction of sp³-hybridized carbons (Fsp3) is 0.286. The predicted molar refractivity (Wildman–Crippen MR) is 75.5 cm³/mol. The second kappa shape index (κ2) is 5.28. The lowest BCUT2D eigenvalue weighted by Gasteiger charge is -2.29. The van der Waals surface area contributed by atoms with E-state index in [9.17, 15) is 18.0 Å². The molecule has 2 aromatic rings. The number of thiazole rings is 1. The number of halogens is 3. The van der Waals surface area contributed by atoms with Gasteiger partial charge in [0.15, 0.2) is 0 Å². The van der Waals surface area contributed by atoms with Crippen molar-refractivity contribution in [2.75, 3.05) is 18.1 Å². The number of hydrogen-bond donors (Lipinski definition) is 0. The Bertz CT molecular complexity index is 727. The number of hydrogen-bond acceptors (Lipinski definition) is 4. The van der Waals surface area contributed by atoms with E-state index < -0.39 is 17.6 Å². The van der Waals surface area contributed by atoms with Crippen LogP contribution in [0.3, 0.4) is 0 Å². The fourth-order valence-corrected chi connectivity index (χ4v) is 2.79. The highest BCUT2D eigenvalue weighted by molar-refractivity contribution is 7.09. The monoisotopic (exact) mass is 328 g/mol. The van der Waals surface area contributed by atoms with Gasteiger partial charge >= 0.3 is 6.18 Å². The second-order valence-electron chi connectivity index (χ2n) is 4.74. The number of nitrogens with zero attached hydrogens (tertiary/aromatic N) is 2. The zero-order valence-electron chi connectivity index (χ0n) is 11.5. The molecule has 0 saturated heterocycles. The standard InChI is InChI=1S/C14H11F3N2O2S/c1-8-18-10(7-22-8)13(20)19-4-5-21-12-3-2-9(6-11(12)19)14(15,16)17/h2-3,6-7H,4-5H2,1H3. The first-order chi connectivity index (χ1) is 10.4. The topological polar surface area (TPSA) is 42.4 Å². The zero-order chi connectivity index (χ0) is 15.9. The lowest BCUT2D eigenvalue weighted by atomic mass is 10.1. The van der Waals surface area contributed by atoms with Crippen LogP contribution in [0.5, 0.6) is 5.75 Å². The predicted octanol–water partition coefficient (Wildman–Crippen LogP) is 3.51. The quantitative estimate of drug-likeness (QED) is 0.804. The first-order valence-corrected chi connectivity index (χ1v) is 7.32. The van der Waals surface area contributed by atoms with E-state index in [1.54, 1.807) is 12.3 Å². The number of benzene rings is 1. The molecule has 3 rings (SSSR count). The number of aryl methyl sites for hydroxylation is 1. The molecule has 0 fully saturated rings. The Labute approximate surface area is 128 Å². The highest BCUT2D eigenvalue weighted by atomic mass is 32.1. The van der Waals surface area contributed by atoms with E-state index in [1.807, 2.05) is 0 Å². The van der Waals surface area contributed by atoms with Crippen LogP contribution in [-0.4, -0.2) is 24.0 Å². The van der Waals surface area contributed by atoms with Gasteiger partial charge in [-0.2, -0.15) is 13.2 Å². The van der Waals surface area contributed by atoms with Crippen LogP contribution >= 0.6 is 11.3 Å². The first-order valence-electron chi connectivity index (χ1n) is 6.44. The summed E-state index contributed by atoms with van der Waals surface area (Å²) in [5.74, 6) is -0.159. The summed E-state index contributed by atoms with van der Waals surface area (Å²) in [5.41, 5.74) is -0.464. The molecule has 1 aliphatic heterocycles. The van der Waals surface area contributed by atoms with Crippen molar-refractivity contribution in [3.63, 3.8) is 0 Å². The lowest BCUT2D eigenvalue weighted by Crippen LogP contribution is -2.38. The minimum absolute atomic E-state index is 0.122. The normalized spacial score (nSPS) is 14.5. The molecule has 4 nitrogen and oxygen atoms in total. The number of carbonyl (C=O) groups is 1. The fourth-order valence-electron chi connectivity index (χ4n) is 2.20. The van der Waals surface area contributed by atoms with Gasteiger partial charge in [0.2, 0.25) is 0 Å². The average Bonchev–Trinajstić information content (AvgIpc) is 2.91. The minimum Gasteiger partial charge on any atom is -0.490 e. The van der Waals surface area contributed by atoms with Gasteiger partial charge < -0.3 is 9.64 Å². The summed E-state index contributed by atoms with van der Waals surface area (Å²) in [6.07, 6.45) is -4.47. The van der Waals surface area contributed by atoms with Crippen LogP contribution in [0.2, 0.25) is 0 Å². The number of rotatable bonds is 1. The van der Waals surface area contributed by atoms with Gasteiger partial charge in [0.25, 0.3) is 5.91 Å². The zero-order valence-corrected chi connectivity index (χ0v) is 12.3. The summed E-state index contributed by atoms with van der Waals surface area (Å²) >= 11 is 1.32. The van der Waals surface area contributed by atoms with Gasteiger partial charge in [-0.25, -0.2) is 4.98 Å². The molecule has 0 radical (unpaired) electrons. The molecule has 22 heavy (non-hydrogen) atoms. The van der Waals surface area contributed by atoms with E-state index in [-0.39, 0.29) is 30.3 Å². The molecular weight excluding hydrogens is 317 g/mol. The molecule has 0 aliphatic carbocycles. The van der Waals surface area contributed by atoms with Gasteiger partial charge in [-0.05, 0) is 25.1 Å². The van der Waals surface area contributed by atoms with Crippen LogP contribution in [0.15, 0.2) is 23.6 Å². The number of alkyl halides is 3. The van der Waals surface area contributed by atoms with E-state index in [0.29, 0.717) is 0 Å². The number of ether oxygens (including phenoxy) is 1. The Kier molecular flexibility index (Phi) is 3.56. The third kappa shape index (κ3) is 2.66. The van der Waals surface area contributed by atoms with Crippen LogP contribution in [-0.2, 0) is 6.18 Å². The Morgan fingerprint density at radius 3 is 2.82 bits per heavy atom. The van der Waals surface area contributed by atoms with Crippen molar-refractivity contribution in [2.24, 2.45) is 0 Å². The van der Waals surface area contributed by atoms with Gasteiger partial charge in [-0.15, -0.1) is 11.3 Å². The molecule has 0 atom stereocenters. The van der Waals surface area contributed by atoms with Crippen molar-refractivity contribution < 1.29 is 22.7 Å². The van der Waals surface area contributed by atoms with Crippen LogP contribution in [0.25, 0.3) is 0 Å². The largest absolute Gasteiger partial charge is 0.490 e. The van der Waals surface area contributed by atoms with E-state index in [1.165, 1.54) is 22.3 Å². The SMILES string of the molecule is Cc1nc(C(=O)N2CCOc3ccc(C(F)(F)F)cc32)cs1. The average molecular weight is 328 g/mol. The third-order valence-corrected chi connectivity index (χ3v) is 4.01. The first kappa shape index (κ1) is 14.8. The minimum atomic E-state index is -4.47. The van der Waals surface area contributed by atoms with Crippen LogP contribution in [0.1, 0.15) is 21.1 Å². The Hall–Kier alpha value is -2.09. The van der Waals surface area contributed by atoms with Gasteiger partial charge in [0, 0.05) is 5.38 Å². The van der Waals surface area contributed by atoms with Crippen LogP contribution in [0, 0.1) is 6.92 Å².